The van der Waals surface area contributed by atoms with Crippen molar-refractivity contribution < 1.29 is 14.3 Å². The van der Waals surface area contributed by atoms with Crippen LogP contribution in [0.15, 0.2) is 12.4 Å². The second-order valence-electron chi connectivity index (χ2n) is 7.11. The molecule has 0 aromatic carbocycles. The van der Waals surface area contributed by atoms with Crippen LogP contribution in [0.3, 0.4) is 0 Å². The zero-order chi connectivity index (χ0) is 16.6. The highest BCUT2D eigenvalue weighted by atomic mass is 16.5. The summed E-state index contributed by atoms with van der Waals surface area (Å²) in [5.74, 6) is 1.45. The number of aromatic nitrogens is 2. The van der Waals surface area contributed by atoms with Gasteiger partial charge in [-0.3, -0.25) is 5.32 Å². The lowest BCUT2D eigenvalue weighted by Crippen LogP contribution is -2.72. The maximum atomic E-state index is 12.7. The van der Waals surface area contributed by atoms with Crippen molar-refractivity contribution in [2.24, 2.45) is 11.3 Å². The van der Waals surface area contributed by atoms with Crippen LogP contribution in [-0.4, -0.2) is 53.8 Å². The van der Waals surface area contributed by atoms with E-state index >= 15 is 0 Å². The van der Waals surface area contributed by atoms with Gasteiger partial charge in [0, 0.05) is 31.2 Å². The molecule has 2 saturated heterocycles. The van der Waals surface area contributed by atoms with Crippen LogP contribution >= 0.6 is 0 Å². The average Bonchev–Trinajstić information content (AvgIpc) is 2.54. The molecule has 1 aliphatic carbocycles. The highest BCUT2D eigenvalue weighted by Crippen LogP contribution is 2.56. The Bertz CT molecular complexity index is 596. The summed E-state index contributed by atoms with van der Waals surface area (Å²) in [6.07, 6.45) is 8.94. The molecule has 1 unspecified atom stereocenters. The topological polar surface area (TPSA) is 76.6 Å². The summed E-state index contributed by atoms with van der Waals surface area (Å²) in [5, 5.41) is 2.88. The van der Waals surface area contributed by atoms with Gasteiger partial charge in [-0.25, -0.2) is 14.8 Å². The van der Waals surface area contributed by atoms with Gasteiger partial charge in [0.2, 0.25) is 5.88 Å². The molecule has 7 nitrogen and oxygen atoms in total. The SMILES string of the molecule is COc1cnc(NC(=O)N2CC3(CCC3)C2C2CCOCC2)cn1. The molecule has 1 atom stereocenters. The number of methoxy groups -OCH3 is 1. The largest absolute Gasteiger partial charge is 0.480 e. The number of carbonyl (C=O) groups excluding carboxylic acids is 1. The number of ether oxygens (including phenoxy) is 2. The fourth-order valence-electron chi connectivity index (χ4n) is 4.49. The van der Waals surface area contributed by atoms with Crippen LogP contribution in [-0.2, 0) is 4.74 Å². The molecular formula is C17H24N4O3. The summed E-state index contributed by atoms with van der Waals surface area (Å²) >= 11 is 0. The first-order valence-electron chi connectivity index (χ1n) is 8.73. The molecule has 1 N–H and O–H groups in total. The van der Waals surface area contributed by atoms with Gasteiger partial charge < -0.3 is 14.4 Å². The van der Waals surface area contributed by atoms with E-state index in [0.29, 0.717) is 29.1 Å². The third-order valence-electron chi connectivity index (χ3n) is 5.84. The summed E-state index contributed by atoms with van der Waals surface area (Å²) in [6, 6.07) is 0.282. The molecule has 3 aliphatic rings. The highest BCUT2D eigenvalue weighted by Gasteiger charge is 2.59. The van der Waals surface area contributed by atoms with Gasteiger partial charge in [-0.15, -0.1) is 0 Å². The first-order chi connectivity index (χ1) is 11.7. The highest BCUT2D eigenvalue weighted by molar-refractivity contribution is 5.89. The number of likely N-dealkylation sites (tertiary alicyclic amines) is 1. The molecule has 2 aliphatic heterocycles. The number of carbonyl (C=O) groups is 1. The van der Waals surface area contributed by atoms with Crippen molar-refractivity contribution in [2.45, 2.75) is 38.1 Å². The standard InChI is InChI=1S/C17H24N4O3/c1-23-14-10-18-13(9-19-14)20-16(22)21-11-17(5-2-6-17)15(21)12-3-7-24-8-4-12/h9-10,12,15H,2-8,11H2,1H3,(H,18,20,22). The predicted molar refractivity (Wildman–Crippen MR) is 87.9 cm³/mol. The maximum absolute atomic E-state index is 12.7. The minimum absolute atomic E-state index is 0.0662. The Kier molecular flexibility index (Phi) is 4.04. The number of nitrogens with one attached hydrogen (secondary N) is 1. The Morgan fingerprint density at radius 1 is 1.33 bits per heavy atom. The molecule has 7 heteroatoms. The Morgan fingerprint density at radius 2 is 2.12 bits per heavy atom. The fourth-order valence-corrected chi connectivity index (χ4v) is 4.49. The lowest BCUT2D eigenvalue weighted by Gasteiger charge is -2.64. The Labute approximate surface area is 141 Å². The quantitative estimate of drug-likeness (QED) is 0.919. The first kappa shape index (κ1) is 15.6. The normalized spacial score (nSPS) is 25.7. The molecule has 0 bridgehead atoms. The molecule has 3 fully saturated rings. The number of hydrogen-bond donors (Lipinski definition) is 1. The second kappa shape index (κ2) is 6.20. The van der Waals surface area contributed by atoms with Gasteiger partial charge in [-0.2, -0.15) is 0 Å². The fraction of sp³-hybridized carbons (Fsp3) is 0.706. The molecule has 1 aromatic heterocycles. The monoisotopic (exact) mass is 332 g/mol. The van der Waals surface area contributed by atoms with Crippen LogP contribution in [0.4, 0.5) is 10.6 Å². The molecule has 2 amide bonds. The first-order valence-corrected chi connectivity index (χ1v) is 8.73. The van der Waals surface area contributed by atoms with E-state index < -0.39 is 0 Å². The van der Waals surface area contributed by atoms with E-state index in [1.807, 2.05) is 4.90 Å². The zero-order valence-corrected chi connectivity index (χ0v) is 14.0. The number of nitrogens with zero attached hydrogens (tertiary/aromatic N) is 3. The van der Waals surface area contributed by atoms with Crippen molar-refractivity contribution in [3.8, 4) is 5.88 Å². The smallest absolute Gasteiger partial charge is 0.323 e. The molecular weight excluding hydrogens is 308 g/mol. The molecule has 1 saturated carbocycles. The van der Waals surface area contributed by atoms with Crippen molar-refractivity contribution in [2.75, 3.05) is 32.2 Å². The third-order valence-corrected chi connectivity index (χ3v) is 5.84. The summed E-state index contributed by atoms with van der Waals surface area (Å²) in [6.45, 7) is 2.50. The molecule has 1 aromatic rings. The lowest BCUT2D eigenvalue weighted by atomic mass is 9.54. The van der Waals surface area contributed by atoms with E-state index in [9.17, 15) is 4.79 Å². The van der Waals surface area contributed by atoms with Crippen LogP contribution in [0.5, 0.6) is 5.88 Å². The van der Waals surface area contributed by atoms with E-state index in [2.05, 4.69) is 15.3 Å². The van der Waals surface area contributed by atoms with Gasteiger partial charge in [0.15, 0.2) is 5.82 Å². The number of amides is 2. The van der Waals surface area contributed by atoms with Gasteiger partial charge in [0.1, 0.15) is 0 Å². The maximum Gasteiger partial charge on any atom is 0.323 e. The molecule has 3 heterocycles. The van der Waals surface area contributed by atoms with Gasteiger partial charge >= 0.3 is 6.03 Å². The third kappa shape index (κ3) is 2.60. The lowest BCUT2D eigenvalue weighted by molar-refractivity contribution is -0.135. The Hall–Kier alpha value is -1.89. The number of hydrogen-bond acceptors (Lipinski definition) is 5. The molecule has 1 spiro atoms. The number of anilines is 1. The Balaban J connectivity index is 1.44. The Morgan fingerprint density at radius 3 is 2.71 bits per heavy atom. The summed E-state index contributed by atoms with van der Waals surface area (Å²) in [7, 11) is 1.54. The summed E-state index contributed by atoms with van der Waals surface area (Å²) in [4.78, 5) is 23.0. The van der Waals surface area contributed by atoms with Crippen molar-refractivity contribution in [1.82, 2.24) is 14.9 Å². The number of rotatable bonds is 3. The van der Waals surface area contributed by atoms with Gasteiger partial charge in [-0.05, 0) is 31.6 Å². The minimum Gasteiger partial charge on any atom is -0.480 e. The molecule has 4 rings (SSSR count). The van der Waals surface area contributed by atoms with Crippen molar-refractivity contribution in [3.05, 3.63) is 12.4 Å². The summed E-state index contributed by atoms with van der Waals surface area (Å²) in [5.41, 5.74) is 0.366. The van der Waals surface area contributed by atoms with Gasteiger partial charge in [0.05, 0.1) is 19.5 Å². The van der Waals surface area contributed by atoms with Crippen LogP contribution in [0, 0.1) is 11.3 Å². The van der Waals surface area contributed by atoms with Gasteiger partial charge in [-0.1, -0.05) is 6.42 Å². The number of urea groups is 1. The van der Waals surface area contributed by atoms with Crippen LogP contribution in [0.25, 0.3) is 0 Å². The van der Waals surface area contributed by atoms with E-state index in [1.54, 1.807) is 7.11 Å². The predicted octanol–water partition coefficient (Wildman–Crippen LogP) is 2.30. The second-order valence-corrected chi connectivity index (χ2v) is 7.11. The van der Waals surface area contributed by atoms with Crippen molar-refractivity contribution in [1.29, 1.82) is 0 Å². The summed E-state index contributed by atoms with van der Waals surface area (Å²) < 4.78 is 10.5. The average molecular weight is 332 g/mol. The molecule has 24 heavy (non-hydrogen) atoms. The van der Waals surface area contributed by atoms with Crippen LogP contribution in [0.1, 0.15) is 32.1 Å². The van der Waals surface area contributed by atoms with Crippen LogP contribution < -0.4 is 10.1 Å². The van der Waals surface area contributed by atoms with Gasteiger partial charge in [0.25, 0.3) is 0 Å². The zero-order valence-electron chi connectivity index (χ0n) is 14.0. The molecule has 0 radical (unpaired) electrons. The van der Waals surface area contributed by atoms with E-state index in [0.717, 1.165) is 32.6 Å². The van der Waals surface area contributed by atoms with E-state index in [-0.39, 0.29) is 6.03 Å². The van der Waals surface area contributed by atoms with E-state index in [1.165, 1.54) is 31.7 Å². The minimum atomic E-state index is -0.0662. The van der Waals surface area contributed by atoms with Crippen molar-refractivity contribution >= 4 is 11.8 Å². The van der Waals surface area contributed by atoms with Crippen molar-refractivity contribution in [3.63, 3.8) is 0 Å². The molecule has 130 valence electrons. The van der Waals surface area contributed by atoms with Crippen LogP contribution in [0.2, 0.25) is 0 Å². The van der Waals surface area contributed by atoms with E-state index in [4.69, 9.17) is 9.47 Å².